The third-order valence-corrected chi connectivity index (χ3v) is 5.13. The molecule has 2 heterocycles. The van der Waals surface area contributed by atoms with Gasteiger partial charge in [0.15, 0.2) is 5.82 Å². The Kier molecular flexibility index (Phi) is 5.55. The van der Waals surface area contributed by atoms with E-state index in [9.17, 15) is 4.79 Å². The lowest BCUT2D eigenvalue weighted by atomic mass is 10.2. The van der Waals surface area contributed by atoms with Crippen LogP contribution in [0.1, 0.15) is 11.3 Å². The maximum atomic E-state index is 12.4. The molecule has 5 nitrogen and oxygen atoms in total. The lowest BCUT2D eigenvalue weighted by molar-refractivity contribution is -0.113. The molecule has 1 amide bonds. The standard InChI is InChI=1S/C18H17BrN4OS/c1-12-9-14(19)6-7-15(12)25-11-18(24)21-17-10-13(2)22-23(17)16-5-3-4-8-20-16/h3-10H,11H2,1-2H3,(H,21,24). The highest BCUT2D eigenvalue weighted by molar-refractivity contribution is 9.10. The number of hydrogen-bond donors (Lipinski definition) is 1. The van der Waals surface area contributed by atoms with E-state index >= 15 is 0 Å². The number of thioether (sulfide) groups is 1. The minimum Gasteiger partial charge on any atom is -0.310 e. The van der Waals surface area contributed by atoms with Gasteiger partial charge in [-0.3, -0.25) is 4.79 Å². The molecule has 0 saturated carbocycles. The van der Waals surface area contributed by atoms with Crippen molar-refractivity contribution >= 4 is 39.4 Å². The zero-order valence-electron chi connectivity index (χ0n) is 13.9. The summed E-state index contributed by atoms with van der Waals surface area (Å²) >= 11 is 4.96. The van der Waals surface area contributed by atoms with E-state index in [4.69, 9.17) is 0 Å². The molecule has 3 rings (SSSR count). The maximum Gasteiger partial charge on any atom is 0.235 e. The second-order valence-corrected chi connectivity index (χ2v) is 7.45. The predicted molar refractivity (Wildman–Crippen MR) is 104 cm³/mol. The molecule has 25 heavy (non-hydrogen) atoms. The number of benzene rings is 1. The van der Waals surface area contributed by atoms with E-state index in [0.29, 0.717) is 17.4 Å². The molecule has 128 valence electrons. The first-order valence-corrected chi connectivity index (χ1v) is 9.47. The van der Waals surface area contributed by atoms with Gasteiger partial charge in [-0.2, -0.15) is 9.78 Å². The number of rotatable bonds is 5. The highest BCUT2D eigenvalue weighted by atomic mass is 79.9. The van der Waals surface area contributed by atoms with Gasteiger partial charge in [0.05, 0.1) is 11.4 Å². The highest BCUT2D eigenvalue weighted by Crippen LogP contribution is 2.25. The van der Waals surface area contributed by atoms with Gasteiger partial charge in [0, 0.05) is 21.6 Å². The summed E-state index contributed by atoms with van der Waals surface area (Å²) in [5.74, 6) is 1.54. The molecule has 0 aliphatic carbocycles. The van der Waals surface area contributed by atoms with Crippen molar-refractivity contribution < 1.29 is 4.79 Å². The first-order valence-electron chi connectivity index (χ1n) is 7.70. The van der Waals surface area contributed by atoms with Crippen LogP contribution in [0.2, 0.25) is 0 Å². The Hall–Kier alpha value is -2.12. The van der Waals surface area contributed by atoms with Crippen LogP contribution in [-0.2, 0) is 4.79 Å². The molecule has 0 aliphatic rings. The molecule has 0 bridgehead atoms. The molecule has 0 aliphatic heterocycles. The first-order chi connectivity index (χ1) is 12.0. The Morgan fingerprint density at radius 3 is 2.80 bits per heavy atom. The lowest BCUT2D eigenvalue weighted by Gasteiger charge is -2.09. The van der Waals surface area contributed by atoms with Crippen LogP contribution in [0.25, 0.3) is 5.82 Å². The minimum absolute atomic E-state index is 0.0793. The van der Waals surface area contributed by atoms with Crippen LogP contribution in [0.4, 0.5) is 5.82 Å². The summed E-state index contributed by atoms with van der Waals surface area (Å²) in [5.41, 5.74) is 1.96. The normalized spacial score (nSPS) is 10.7. The molecular formula is C18H17BrN4OS. The molecular weight excluding hydrogens is 400 g/mol. The number of aromatic nitrogens is 3. The Morgan fingerprint density at radius 2 is 2.08 bits per heavy atom. The molecule has 7 heteroatoms. The third-order valence-electron chi connectivity index (χ3n) is 3.46. The van der Waals surface area contributed by atoms with Crippen molar-refractivity contribution in [2.45, 2.75) is 18.7 Å². The largest absolute Gasteiger partial charge is 0.310 e. The second kappa shape index (κ2) is 7.84. The number of nitrogens with zero attached hydrogens (tertiary/aromatic N) is 3. The van der Waals surface area contributed by atoms with Gasteiger partial charge in [-0.15, -0.1) is 11.8 Å². The molecule has 0 atom stereocenters. The Bertz CT molecular complexity index is 895. The number of carbonyl (C=O) groups is 1. The van der Waals surface area contributed by atoms with Crippen LogP contribution in [0.15, 0.2) is 58.0 Å². The third kappa shape index (κ3) is 4.49. The fourth-order valence-electron chi connectivity index (χ4n) is 2.34. The van der Waals surface area contributed by atoms with Crippen molar-refractivity contribution in [2.75, 3.05) is 11.1 Å². The van der Waals surface area contributed by atoms with E-state index in [2.05, 4.69) is 31.3 Å². The maximum absolute atomic E-state index is 12.4. The monoisotopic (exact) mass is 416 g/mol. The van der Waals surface area contributed by atoms with Crippen LogP contribution < -0.4 is 5.32 Å². The SMILES string of the molecule is Cc1cc(NC(=O)CSc2ccc(Br)cc2C)n(-c2ccccn2)n1. The van der Waals surface area contributed by atoms with Crippen LogP contribution in [0.5, 0.6) is 0 Å². The fourth-order valence-corrected chi connectivity index (χ4v) is 3.62. The molecule has 2 aromatic heterocycles. The number of carbonyl (C=O) groups excluding carboxylic acids is 1. The molecule has 0 saturated heterocycles. The Morgan fingerprint density at radius 1 is 1.24 bits per heavy atom. The summed E-state index contributed by atoms with van der Waals surface area (Å²) in [6.45, 7) is 3.92. The summed E-state index contributed by atoms with van der Waals surface area (Å²) < 4.78 is 2.68. The smallest absolute Gasteiger partial charge is 0.235 e. The summed E-state index contributed by atoms with van der Waals surface area (Å²) in [4.78, 5) is 17.7. The van der Waals surface area contributed by atoms with E-state index in [0.717, 1.165) is 20.6 Å². The van der Waals surface area contributed by atoms with E-state index in [1.807, 2.05) is 56.3 Å². The van der Waals surface area contributed by atoms with Gasteiger partial charge in [-0.05, 0) is 49.7 Å². The van der Waals surface area contributed by atoms with Crippen LogP contribution in [-0.4, -0.2) is 26.4 Å². The molecule has 1 aromatic carbocycles. The van der Waals surface area contributed by atoms with E-state index in [1.165, 1.54) is 11.8 Å². The number of pyridine rings is 1. The summed E-state index contributed by atoms with van der Waals surface area (Å²) in [6.07, 6.45) is 1.70. The molecule has 0 unspecified atom stereocenters. The minimum atomic E-state index is -0.0793. The quantitative estimate of drug-likeness (QED) is 0.626. The Labute approximate surface area is 159 Å². The zero-order valence-corrected chi connectivity index (χ0v) is 16.3. The number of halogens is 1. The zero-order chi connectivity index (χ0) is 17.8. The van der Waals surface area contributed by atoms with Crippen molar-refractivity contribution in [1.29, 1.82) is 0 Å². The van der Waals surface area contributed by atoms with Crippen molar-refractivity contribution in [3.8, 4) is 5.82 Å². The van der Waals surface area contributed by atoms with Crippen molar-refractivity contribution in [3.63, 3.8) is 0 Å². The lowest BCUT2D eigenvalue weighted by Crippen LogP contribution is -2.17. The topological polar surface area (TPSA) is 59.8 Å². The van der Waals surface area contributed by atoms with E-state index in [-0.39, 0.29) is 5.91 Å². The number of aryl methyl sites for hydroxylation is 2. The van der Waals surface area contributed by atoms with Gasteiger partial charge in [0.1, 0.15) is 5.82 Å². The first kappa shape index (κ1) is 17.7. The van der Waals surface area contributed by atoms with Crippen LogP contribution in [0, 0.1) is 13.8 Å². The van der Waals surface area contributed by atoms with Crippen LogP contribution in [0.3, 0.4) is 0 Å². The van der Waals surface area contributed by atoms with Crippen molar-refractivity contribution in [3.05, 3.63) is 64.4 Å². The van der Waals surface area contributed by atoms with Crippen molar-refractivity contribution in [1.82, 2.24) is 14.8 Å². The average Bonchev–Trinajstić information content (AvgIpc) is 2.95. The number of amides is 1. The van der Waals surface area contributed by atoms with Crippen LogP contribution >= 0.6 is 27.7 Å². The average molecular weight is 417 g/mol. The fraction of sp³-hybridized carbons (Fsp3) is 0.167. The van der Waals surface area contributed by atoms with Gasteiger partial charge >= 0.3 is 0 Å². The molecule has 0 spiro atoms. The summed E-state index contributed by atoms with van der Waals surface area (Å²) in [6, 6.07) is 13.4. The molecule has 0 fully saturated rings. The second-order valence-electron chi connectivity index (χ2n) is 5.52. The van der Waals surface area contributed by atoms with Gasteiger partial charge in [-0.25, -0.2) is 4.98 Å². The Balaban J connectivity index is 1.69. The highest BCUT2D eigenvalue weighted by Gasteiger charge is 2.12. The predicted octanol–water partition coefficient (Wildman–Crippen LogP) is 4.38. The molecule has 3 aromatic rings. The van der Waals surface area contributed by atoms with Gasteiger partial charge in [0.25, 0.3) is 0 Å². The van der Waals surface area contributed by atoms with Crippen molar-refractivity contribution in [2.24, 2.45) is 0 Å². The number of nitrogens with one attached hydrogen (secondary N) is 1. The van der Waals surface area contributed by atoms with Gasteiger partial charge < -0.3 is 5.32 Å². The van der Waals surface area contributed by atoms with E-state index < -0.39 is 0 Å². The molecule has 0 radical (unpaired) electrons. The molecule has 1 N–H and O–H groups in total. The van der Waals surface area contributed by atoms with Gasteiger partial charge in [0.2, 0.25) is 5.91 Å². The summed E-state index contributed by atoms with van der Waals surface area (Å²) in [7, 11) is 0. The number of hydrogen-bond acceptors (Lipinski definition) is 4. The van der Waals surface area contributed by atoms with Gasteiger partial charge in [-0.1, -0.05) is 22.0 Å². The summed E-state index contributed by atoms with van der Waals surface area (Å²) in [5, 5.41) is 7.33. The number of anilines is 1. The van der Waals surface area contributed by atoms with E-state index in [1.54, 1.807) is 10.9 Å².